The van der Waals surface area contributed by atoms with Gasteiger partial charge in [0.15, 0.2) is 5.96 Å². The van der Waals surface area contributed by atoms with Crippen LogP contribution in [-0.4, -0.2) is 33.8 Å². The number of halogens is 1. The Hall–Kier alpha value is -1.94. The Labute approximate surface area is 193 Å². The van der Waals surface area contributed by atoms with Gasteiger partial charge < -0.3 is 10.6 Å². The van der Waals surface area contributed by atoms with E-state index in [2.05, 4.69) is 64.2 Å². The summed E-state index contributed by atoms with van der Waals surface area (Å²) < 4.78 is 1.93. The van der Waals surface area contributed by atoms with E-state index in [-0.39, 0.29) is 24.0 Å². The smallest absolute Gasteiger partial charge is 0.191 e. The maximum atomic E-state index is 4.77. The highest BCUT2D eigenvalue weighted by Gasteiger charge is 2.05. The largest absolute Gasteiger partial charge is 0.357 e. The minimum Gasteiger partial charge on any atom is -0.357 e. The number of aliphatic imine (C=N–C) groups is 1. The predicted molar refractivity (Wildman–Crippen MR) is 131 cm³/mol. The van der Waals surface area contributed by atoms with Crippen molar-refractivity contribution in [1.29, 1.82) is 0 Å². The first-order valence-electron chi connectivity index (χ1n) is 9.78. The molecule has 0 aliphatic carbocycles. The molecule has 1 aromatic carbocycles. The zero-order valence-corrected chi connectivity index (χ0v) is 20.1. The lowest BCUT2D eigenvalue weighted by molar-refractivity contribution is 0.680. The molecule has 2 aromatic heterocycles. The van der Waals surface area contributed by atoms with Crippen LogP contribution in [0.2, 0.25) is 0 Å². The van der Waals surface area contributed by atoms with E-state index in [1.807, 2.05) is 16.9 Å². The first-order valence-corrected chi connectivity index (χ1v) is 10.7. The third-order valence-electron chi connectivity index (χ3n) is 4.34. The molecule has 0 saturated carbocycles. The SMILES string of the molecule is CCNC(=NCc1ccccc1Cn1cccn1)NCCc1csc(CC)n1.I. The molecule has 3 aromatic rings. The number of aryl methyl sites for hydroxylation is 1. The minimum atomic E-state index is 0. The maximum absolute atomic E-state index is 4.77. The van der Waals surface area contributed by atoms with Gasteiger partial charge in [0.2, 0.25) is 0 Å². The second-order valence-electron chi connectivity index (χ2n) is 6.43. The van der Waals surface area contributed by atoms with Gasteiger partial charge in [-0.25, -0.2) is 9.98 Å². The van der Waals surface area contributed by atoms with Crippen molar-refractivity contribution in [3.63, 3.8) is 0 Å². The van der Waals surface area contributed by atoms with Crippen molar-refractivity contribution in [3.8, 4) is 0 Å². The minimum absolute atomic E-state index is 0. The summed E-state index contributed by atoms with van der Waals surface area (Å²) in [5, 5.41) is 14.4. The van der Waals surface area contributed by atoms with Gasteiger partial charge in [0.05, 0.1) is 23.8 Å². The summed E-state index contributed by atoms with van der Waals surface area (Å²) in [5.41, 5.74) is 3.59. The fourth-order valence-corrected chi connectivity index (χ4v) is 3.65. The third kappa shape index (κ3) is 7.43. The van der Waals surface area contributed by atoms with Gasteiger partial charge in [0, 0.05) is 37.3 Å². The molecule has 0 unspecified atom stereocenters. The van der Waals surface area contributed by atoms with Gasteiger partial charge in [-0.3, -0.25) is 4.68 Å². The molecular weight excluding hydrogens is 495 g/mol. The highest BCUT2D eigenvalue weighted by atomic mass is 127. The number of hydrogen-bond donors (Lipinski definition) is 2. The second-order valence-corrected chi connectivity index (χ2v) is 7.37. The Morgan fingerprint density at radius 1 is 1.14 bits per heavy atom. The normalized spacial score (nSPS) is 11.2. The Bertz CT molecular complexity index is 875. The van der Waals surface area contributed by atoms with Crippen molar-refractivity contribution in [2.75, 3.05) is 13.1 Å². The highest BCUT2D eigenvalue weighted by molar-refractivity contribution is 14.0. The molecule has 0 saturated heterocycles. The molecule has 156 valence electrons. The number of rotatable bonds is 9. The van der Waals surface area contributed by atoms with Crippen LogP contribution in [0.4, 0.5) is 0 Å². The fourth-order valence-electron chi connectivity index (χ4n) is 2.88. The third-order valence-corrected chi connectivity index (χ3v) is 5.38. The van der Waals surface area contributed by atoms with E-state index >= 15 is 0 Å². The second kappa shape index (κ2) is 12.6. The van der Waals surface area contributed by atoms with Gasteiger partial charge in [-0.2, -0.15) is 5.10 Å². The summed E-state index contributed by atoms with van der Waals surface area (Å²) in [4.78, 5) is 9.40. The molecule has 0 radical (unpaired) electrons. The highest BCUT2D eigenvalue weighted by Crippen LogP contribution is 2.12. The molecule has 0 atom stereocenters. The molecule has 0 aliphatic rings. The lowest BCUT2D eigenvalue weighted by Gasteiger charge is -2.12. The maximum Gasteiger partial charge on any atom is 0.191 e. The van der Waals surface area contributed by atoms with Crippen molar-refractivity contribution in [3.05, 3.63) is 69.9 Å². The molecule has 6 nitrogen and oxygen atoms in total. The molecule has 29 heavy (non-hydrogen) atoms. The molecule has 0 bridgehead atoms. The molecule has 2 heterocycles. The van der Waals surface area contributed by atoms with Crippen LogP contribution in [0.5, 0.6) is 0 Å². The van der Waals surface area contributed by atoms with E-state index in [0.717, 1.165) is 44.1 Å². The van der Waals surface area contributed by atoms with E-state index in [0.29, 0.717) is 6.54 Å². The predicted octanol–water partition coefficient (Wildman–Crippen LogP) is 3.87. The molecule has 0 fully saturated rings. The average Bonchev–Trinajstić information content (AvgIpc) is 3.39. The van der Waals surface area contributed by atoms with Crippen LogP contribution in [0.25, 0.3) is 0 Å². The number of hydrogen-bond acceptors (Lipinski definition) is 4. The Morgan fingerprint density at radius 3 is 2.66 bits per heavy atom. The number of guanidine groups is 1. The topological polar surface area (TPSA) is 67.1 Å². The van der Waals surface area contributed by atoms with Crippen molar-refractivity contribution in [2.24, 2.45) is 4.99 Å². The number of nitrogens with zero attached hydrogens (tertiary/aromatic N) is 4. The van der Waals surface area contributed by atoms with Crippen LogP contribution in [0.3, 0.4) is 0 Å². The molecule has 0 amide bonds. The van der Waals surface area contributed by atoms with E-state index in [1.54, 1.807) is 17.5 Å². The monoisotopic (exact) mass is 524 g/mol. The first-order chi connectivity index (χ1) is 13.8. The summed E-state index contributed by atoms with van der Waals surface area (Å²) >= 11 is 1.74. The fraction of sp³-hybridized carbons (Fsp3) is 0.381. The van der Waals surface area contributed by atoms with Crippen LogP contribution >= 0.6 is 35.3 Å². The van der Waals surface area contributed by atoms with Gasteiger partial charge in [0.25, 0.3) is 0 Å². The number of thiazole rings is 1. The van der Waals surface area contributed by atoms with Gasteiger partial charge in [0.1, 0.15) is 0 Å². The lowest BCUT2D eigenvalue weighted by Crippen LogP contribution is -2.38. The van der Waals surface area contributed by atoms with Crippen LogP contribution in [-0.2, 0) is 25.9 Å². The Morgan fingerprint density at radius 2 is 1.97 bits per heavy atom. The van der Waals surface area contributed by atoms with Crippen molar-refractivity contribution < 1.29 is 0 Å². The van der Waals surface area contributed by atoms with Crippen LogP contribution in [0.1, 0.15) is 35.7 Å². The molecule has 2 N–H and O–H groups in total. The standard InChI is InChI=1S/C21H28N6S.HI/c1-3-20-26-19(16-28-20)10-12-23-21(22-4-2)24-14-17-8-5-6-9-18(17)15-27-13-7-11-25-27;/h5-9,11,13,16H,3-4,10,12,14-15H2,1-2H3,(H2,22,23,24);1H. The lowest BCUT2D eigenvalue weighted by atomic mass is 10.1. The molecule has 3 rings (SSSR count). The summed E-state index contributed by atoms with van der Waals surface area (Å²) in [6.45, 7) is 7.25. The summed E-state index contributed by atoms with van der Waals surface area (Å²) in [6.07, 6.45) is 5.69. The van der Waals surface area contributed by atoms with Crippen LogP contribution in [0, 0.1) is 0 Å². The molecule has 8 heteroatoms. The Balaban J connectivity index is 0.00000300. The zero-order chi connectivity index (χ0) is 19.6. The summed E-state index contributed by atoms with van der Waals surface area (Å²) in [6, 6.07) is 10.3. The van der Waals surface area contributed by atoms with E-state index in [4.69, 9.17) is 4.99 Å². The average molecular weight is 524 g/mol. The summed E-state index contributed by atoms with van der Waals surface area (Å²) in [7, 11) is 0. The number of benzene rings is 1. The van der Waals surface area contributed by atoms with Gasteiger partial charge in [-0.1, -0.05) is 31.2 Å². The molecular formula is C21H29IN6S. The van der Waals surface area contributed by atoms with Crippen LogP contribution < -0.4 is 10.6 Å². The quantitative estimate of drug-likeness (QED) is 0.254. The van der Waals surface area contributed by atoms with E-state index in [9.17, 15) is 0 Å². The van der Waals surface area contributed by atoms with E-state index in [1.165, 1.54) is 16.1 Å². The van der Waals surface area contributed by atoms with Crippen molar-refractivity contribution in [2.45, 2.75) is 39.8 Å². The van der Waals surface area contributed by atoms with Gasteiger partial charge >= 0.3 is 0 Å². The van der Waals surface area contributed by atoms with Gasteiger partial charge in [-0.15, -0.1) is 35.3 Å². The first kappa shape index (κ1) is 23.3. The van der Waals surface area contributed by atoms with Crippen LogP contribution in [0.15, 0.2) is 53.1 Å². The number of aromatic nitrogens is 3. The number of nitrogens with one attached hydrogen (secondary N) is 2. The summed E-state index contributed by atoms with van der Waals surface area (Å²) in [5.74, 6) is 0.835. The molecule has 0 spiro atoms. The Kier molecular flexibility index (Phi) is 10.1. The van der Waals surface area contributed by atoms with Gasteiger partial charge in [-0.05, 0) is 30.5 Å². The molecule has 0 aliphatic heterocycles. The zero-order valence-electron chi connectivity index (χ0n) is 17.0. The van der Waals surface area contributed by atoms with E-state index < -0.39 is 0 Å². The van der Waals surface area contributed by atoms with Crippen molar-refractivity contribution in [1.82, 2.24) is 25.4 Å². The van der Waals surface area contributed by atoms with Crippen molar-refractivity contribution >= 4 is 41.3 Å².